The number of nitrogens with two attached hydrogens (primary N) is 1. The van der Waals surface area contributed by atoms with Gasteiger partial charge >= 0.3 is 18.1 Å². The second-order valence-corrected chi connectivity index (χ2v) is 3.44. The topological polar surface area (TPSA) is 121 Å². The Hall–Kier alpha value is -1.84. The minimum absolute atomic E-state index is 0.256. The molecule has 1 aliphatic heterocycles. The number of hydrogen-bond donors (Lipinski definition) is 3. The van der Waals surface area contributed by atoms with Gasteiger partial charge in [-0.15, -0.1) is 0 Å². The van der Waals surface area contributed by atoms with E-state index in [-0.39, 0.29) is 6.54 Å². The fraction of sp³-hybridized carbons (Fsp3) is 0.667. The molecule has 110 valence electrons. The molecule has 0 bridgehead atoms. The second-order valence-electron chi connectivity index (χ2n) is 3.44. The molecule has 1 saturated heterocycles. The van der Waals surface area contributed by atoms with E-state index >= 15 is 0 Å². The number of carboxylic acids is 2. The molecule has 0 aromatic heterocycles. The summed E-state index contributed by atoms with van der Waals surface area (Å²) in [5.41, 5.74) is 4.97. The summed E-state index contributed by atoms with van der Waals surface area (Å²) in [5.74, 6) is -4.82. The molecule has 1 aliphatic rings. The first kappa shape index (κ1) is 13.6. The number of likely N-dealkylation sites (tertiary alicyclic amines) is 1. The summed E-state index contributed by atoms with van der Waals surface area (Å²) in [6, 6.07) is -0.930. The van der Waals surface area contributed by atoms with Gasteiger partial charge in [-0.3, -0.25) is 4.79 Å². The molecule has 0 radical (unpaired) electrons. The molecule has 0 saturated carbocycles. The van der Waals surface area contributed by atoms with E-state index in [0.29, 0.717) is 12.8 Å². The zero-order valence-electron chi connectivity index (χ0n) is 11.5. The predicted octanol–water partition coefficient (Wildman–Crippen LogP) is -0.346. The number of alkyl halides is 3. The van der Waals surface area contributed by atoms with Gasteiger partial charge in [0.2, 0.25) is 5.91 Å². The van der Waals surface area contributed by atoms with Crippen molar-refractivity contribution in [3.05, 3.63) is 0 Å². The lowest BCUT2D eigenvalue weighted by molar-refractivity contribution is -0.192. The van der Waals surface area contributed by atoms with Crippen LogP contribution in [0.25, 0.3) is 0 Å². The fourth-order valence-corrected chi connectivity index (χ4v) is 1.35. The van der Waals surface area contributed by atoms with Gasteiger partial charge in [-0.1, -0.05) is 0 Å². The van der Waals surface area contributed by atoms with E-state index in [4.69, 9.17) is 23.5 Å². The zero-order chi connectivity index (χ0) is 17.0. The summed E-state index contributed by atoms with van der Waals surface area (Å²) < 4.78 is 45.7. The van der Waals surface area contributed by atoms with Crippen LogP contribution < -0.4 is 5.73 Å². The highest BCUT2D eigenvalue weighted by Gasteiger charge is 2.38. The Bertz CT molecular complexity index is 425. The Balaban J connectivity index is 0.000000486. The van der Waals surface area contributed by atoms with Crippen molar-refractivity contribution in [1.82, 2.24) is 4.90 Å². The van der Waals surface area contributed by atoms with E-state index in [1.807, 2.05) is 0 Å². The minimum atomic E-state index is -5.08. The zero-order valence-corrected chi connectivity index (χ0v) is 9.48. The molecule has 0 spiro atoms. The Kier molecular flexibility index (Phi) is 4.95. The van der Waals surface area contributed by atoms with Gasteiger partial charge in [-0.2, -0.15) is 13.2 Å². The van der Waals surface area contributed by atoms with Crippen molar-refractivity contribution in [2.75, 3.05) is 13.0 Å². The molecule has 1 fully saturated rings. The van der Waals surface area contributed by atoms with E-state index in [1.165, 1.54) is 0 Å². The van der Waals surface area contributed by atoms with Gasteiger partial charge in [0.1, 0.15) is 6.04 Å². The standard InChI is InChI=1S/C7H12N2O3.C2HF3O2/c8-4-6(10)9-3-1-2-5(9)7(11)12;3-2(4,5)1(6)7/h5H,1-4,8H2,(H,11,12);(H,6,7)/t5-;/m0./s1/i4D2,8+1;. The largest absolute Gasteiger partial charge is 0.490 e. The number of carbonyl (C=O) groups is 3. The maximum Gasteiger partial charge on any atom is 0.490 e. The highest BCUT2D eigenvalue weighted by molar-refractivity contribution is 5.85. The van der Waals surface area contributed by atoms with Gasteiger partial charge < -0.3 is 20.8 Å². The van der Waals surface area contributed by atoms with Gasteiger partial charge in [0.15, 0.2) is 0 Å². The molecule has 0 unspecified atom stereocenters. The quantitative estimate of drug-likeness (QED) is 0.598. The average molecular weight is 289 g/mol. The van der Waals surface area contributed by atoms with Crippen LogP contribution >= 0.6 is 0 Å². The number of rotatable bonds is 2. The first-order chi connectivity index (χ1) is 9.28. The van der Waals surface area contributed by atoms with Crippen LogP contribution in [-0.4, -0.2) is 58.2 Å². The van der Waals surface area contributed by atoms with Crippen molar-refractivity contribution in [2.45, 2.75) is 25.1 Å². The van der Waals surface area contributed by atoms with Crippen molar-refractivity contribution in [2.24, 2.45) is 5.73 Å². The lowest BCUT2D eigenvalue weighted by Gasteiger charge is -2.20. The Labute approximate surface area is 108 Å². The molecule has 19 heavy (non-hydrogen) atoms. The van der Waals surface area contributed by atoms with Gasteiger partial charge in [-0.25, -0.2) is 9.59 Å². The predicted molar refractivity (Wildman–Crippen MR) is 55.1 cm³/mol. The highest BCUT2D eigenvalue weighted by Crippen LogP contribution is 2.16. The first-order valence-electron chi connectivity index (χ1n) is 5.91. The minimum Gasteiger partial charge on any atom is -0.480 e. The molecule has 7 nitrogen and oxygen atoms in total. The SMILES string of the molecule is O=C(O)C(F)(F)F.[2H]C([2H])([15NH2])C(=O)N1CCC[C@H]1C(=O)O. The van der Waals surface area contributed by atoms with Crippen molar-refractivity contribution in [3.63, 3.8) is 0 Å². The number of nitrogens with zero attached hydrogens (tertiary/aromatic N) is 1. The van der Waals surface area contributed by atoms with Crippen LogP contribution in [0.3, 0.4) is 0 Å². The van der Waals surface area contributed by atoms with Gasteiger partial charge in [-0.05, 0) is 12.8 Å². The van der Waals surface area contributed by atoms with Crippen molar-refractivity contribution in [3.8, 4) is 0 Å². The molecule has 1 rings (SSSR count). The first-order valence-corrected chi connectivity index (χ1v) is 4.91. The average Bonchev–Trinajstić information content (AvgIpc) is 2.74. The number of amides is 1. The number of aliphatic carboxylic acids is 2. The second kappa shape index (κ2) is 6.92. The molecule has 0 aliphatic carbocycles. The van der Waals surface area contributed by atoms with E-state index in [0.717, 1.165) is 4.90 Å². The summed E-state index contributed by atoms with van der Waals surface area (Å²) >= 11 is 0. The third-order valence-corrected chi connectivity index (χ3v) is 2.16. The maximum absolute atomic E-state index is 11.3. The van der Waals surface area contributed by atoms with Gasteiger partial charge in [0.25, 0.3) is 0 Å². The number of carbonyl (C=O) groups excluding carboxylic acids is 1. The molecule has 4 N–H and O–H groups in total. The number of carboxylic acid groups (broad SMARTS) is 2. The molecular formula is C9H13F3N2O5. The molecule has 10 heteroatoms. The van der Waals surface area contributed by atoms with Crippen LogP contribution in [-0.2, 0) is 14.4 Å². The Morgan fingerprint density at radius 1 is 1.37 bits per heavy atom. The normalized spacial score (nSPS) is 20.8. The molecule has 1 amide bonds. The lowest BCUT2D eigenvalue weighted by atomic mass is 10.2. The van der Waals surface area contributed by atoms with Crippen LogP contribution in [0, 0.1) is 0 Å². The van der Waals surface area contributed by atoms with Crippen molar-refractivity contribution < 1.29 is 40.5 Å². The Morgan fingerprint density at radius 2 is 1.84 bits per heavy atom. The summed E-state index contributed by atoms with van der Waals surface area (Å²) in [6.07, 6.45) is -4.16. The van der Waals surface area contributed by atoms with E-state index in [2.05, 4.69) is 0 Å². The van der Waals surface area contributed by atoms with Crippen LogP contribution in [0.15, 0.2) is 0 Å². The van der Waals surface area contributed by atoms with E-state index in [9.17, 15) is 22.8 Å². The summed E-state index contributed by atoms with van der Waals surface area (Å²) in [6.45, 7) is -2.23. The molecule has 0 aromatic rings. The highest BCUT2D eigenvalue weighted by atomic mass is 19.4. The van der Waals surface area contributed by atoms with Crippen LogP contribution in [0.5, 0.6) is 0 Å². The van der Waals surface area contributed by atoms with Gasteiger partial charge in [0.05, 0.1) is 9.24 Å². The fourth-order valence-electron chi connectivity index (χ4n) is 1.35. The lowest BCUT2D eigenvalue weighted by Crippen LogP contribution is -2.43. The number of halogens is 3. The van der Waals surface area contributed by atoms with Gasteiger partial charge in [0, 0.05) is 6.54 Å². The summed E-state index contributed by atoms with van der Waals surface area (Å²) in [4.78, 5) is 31.9. The summed E-state index contributed by atoms with van der Waals surface area (Å²) in [7, 11) is 0. The molecule has 1 heterocycles. The number of hydrogen-bond acceptors (Lipinski definition) is 4. The van der Waals surface area contributed by atoms with Crippen LogP contribution in [0.1, 0.15) is 15.6 Å². The van der Waals surface area contributed by atoms with Crippen molar-refractivity contribution in [1.29, 1.82) is 0 Å². The maximum atomic E-state index is 11.3. The molecule has 1 atom stereocenters. The molecule has 0 aromatic carbocycles. The van der Waals surface area contributed by atoms with Crippen LogP contribution in [0.4, 0.5) is 13.2 Å². The Morgan fingerprint density at radius 3 is 2.16 bits per heavy atom. The molecular weight excluding hydrogens is 274 g/mol. The third kappa shape index (κ3) is 5.55. The van der Waals surface area contributed by atoms with Crippen molar-refractivity contribution >= 4 is 17.8 Å². The smallest absolute Gasteiger partial charge is 0.480 e. The van der Waals surface area contributed by atoms with E-state index in [1.54, 1.807) is 0 Å². The summed E-state index contributed by atoms with van der Waals surface area (Å²) in [5, 5.41) is 15.9. The third-order valence-electron chi connectivity index (χ3n) is 2.16. The monoisotopic (exact) mass is 289 g/mol. The van der Waals surface area contributed by atoms with Crippen LogP contribution in [0.2, 0.25) is 0 Å². The van der Waals surface area contributed by atoms with E-state index < -0.39 is 36.6 Å².